The topological polar surface area (TPSA) is 74.8 Å². The van der Waals surface area contributed by atoms with E-state index in [1.807, 2.05) is 38.1 Å². The van der Waals surface area contributed by atoms with Gasteiger partial charge in [-0.2, -0.15) is 5.10 Å². The largest absolute Gasteiger partial charge is 0.344 e. The van der Waals surface area contributed by atoms with Crippen LogP contribution < -0.4 is 10.9 Å². The lowest BCUT2D eigenvalue weighted by Crippen LogP contribution is -2.30. The van der Waals surface area contributed by atoms with Crippen LogP contribution in [0.1, 0.15) is 41.0 Å². The molecule has 1 atom stereocenters. The van der Waals surface area contributed by atoms with E-state index >= 15 is 0 Å². The molecule has 5 nitrogen and oxygen atoms in total. The van der Waals surface area contributed by atoms with Crippen LogP contribution in [0.4, 0.5) is 0 Å². The molecule has 1 aromatic heterocycles. The third kappa shape index (κ3) is 3.06. The quantitative estimate of drug-likeness (QED) is 0.775. The fraction of sp³-hybridized carbons (Fsp3) is 0.211. The zero-order valence-corrected chi connectivity index (χ0v) is 13.7. The van der Waals surface area contributed by atoms with E-state index in [-0.39, 0.29) is 23.2 Å². The molecule has 0 saturated heterocycles. The lowest BCUT2D eigenvalue weighted by Gasteiger charge is -2.17. The molecule has 122 valence electrons. The minimum absolute atomic E-state index is 0.106. The molecule has 5 heteroatoms. The van der Waals surface area contributed by atoms with Crippen molar-refractivity contribution in [3.05, 3.63) is 75.7 Å². The summed E-state index contributed by atoms with van der Waals surface area (Å²) in [5.41, 5.74) is 2.15. The fourth-order valence-corrected chi connectivity index (χ4v) is 2.73. The Bertz CT molecular complexity index is 929. The first-order valence-electron chi connectivity index (χ1n) is 7.95. The van der Waals surface area contributed by atoms with Crippen molar-refractivity contribution in [2.75, 3.05) is 0 Å². The molecular formula is C19H19N3O2. The van der Waals surface area contributed by atoms with E-state index < -0.39 is 0 Å². The van der Waals surface area contributed by atoms with Crippen molar-refractivity contribution < 1.29 is 4.79 Å². The predicted octanol–water partition coefficient (Wildman–Crippen LogP) is 3.11. The number of hydrogen-bond acceptors (Lipinski definition) is 3. The summed E-state index contributed by atoms with van der Waals surface area (Å²) >= 11 is 0. The number of nitrogens with one attached hydrogen (secondary N) is 2. The summed E-state index contributed by atoms with van der Waals surface area (Å²) in [4.78, 5) is 24.5. The molecule has 0 radical (unpaired) electrons. The van der Waals surface area contributed by atoms with Crippen molar-refractivity contribution >= 4 is 16.7 Å². The molecule has 2 N–H and O–H groups in total. The van der Waals surface area contributed by atoms with Gasteiger partial charge in [-0.05, 0) is 25.0 Å². The van der Waals surface area contributed by atoms with Crippen LogP contribution >= 0.6 is 0 Å². The number of aryl methyl sites for hydroxylation is 1. The Morgan fingerprint density at radius 2 is 1.79 bits per heavy atom. The maximum Gasteiger partial charge on any atom is 0.272 e. The van der Waals surface area contributed by atoms with E-state index in [0.717, 1.165) is 12.0 Å². The minimum atomic E-state index is -0.298. The van der Waals surface area contributed by atoms with Crippen LogP contribution in [0.2, 0.25) is 0 Å². The van der Waals surface area contributed by atoms with Gasteiger partial charge in [0, 0.05) is 5.39 Å². The lowest BCUT2D eigenvalue weighted by atomic mass is 10.0. The Morgan fingerprint density at radius 1 is 1.12 bits per heavy atom. The van der Waals surface area contributed by atoms with Crippen molar-refractivity contribution in [1.29, 1.82) is 0 Å². The third-order valence-corrected chi connectivity index (χ3v) is 4.10. The van der Waals surface area contributed by atoms with E-state index in [1.165, 1.54) is 5.56 Å². The Morgan fingerprint density at radius 3 is 2.46 bits per heavy atom. The van der Waals surface area contributed by atoms with Crippen LogP contribution in [-0.4, -0.2) is 16.1 Å². The van der Waals surface area contributed by atoms with Crippen molar-refractivity contribution in [3.8, 4) is 0 Å². The molecule has 0 aliphatic rings. The SMILES string of the molecule is CCC(NC(=O)c1n[nH]c(=O)c2ccccc12)c1ccc(C)cc1. The second kappa shape index (κ2) is 6.66. The number of fused-ring (bicyclic) bond motifs is 1. The first kappa shape index (κ1) is 15.9. The van der Waals surface area contributed by atoms with Crippen molar-refractivity contribution in [2.45, 2.75) is 26.3 Å². The molecule has 0 bridgehead atoms. The number of aromatic amines is 1. The number of rotatable bonds is 4. The molecule has 0 saturated carbocycles. The van der Waals surface area contributed by atoms with Crippen molar-refractivity contribution in [1.82, 2.24) is 15.5 Å². The summed E-state index contributed by atoms with van der Waals surface area (Å²) in [6.45, 7) is 4.04. The smallest absolute Gasteiger partial charge is 0.272 e. The minimum Gasteiger partial charge on any atom is -0.344 e. The zero-order valence-electron chi connectivity index (χ0n) is 13.7. The third-order valence-electron chi connectivity index (χ3n) is 4.10. The van der Waals surface area contributed by atoms with E-state index in [2.05, 4.69) is 15.5 Å². The van der Waals surface area contributed by atoms with Crippen LogP contribution in [0, 0.1) is 6.92 Å². The zero-order chi connectivity index (χ0) is 17.1. The maximum absolute atomic E-state index is 12.7. The molecule has 0 fully saturated rings. The Labute approximate surface area is 139 Å². The first-order chi connectivity index (χ1) is 11.6. The van der Waals surface area contributed by atoms with Crippen LogP contribution in [0.5, 0.6) is 0 Å². The van der Waals surface area contributed by atoms with Gasteiger partial charge in [0.15, 0.2) is 5.69 Å². The molecule has 1 heterocycles. The number of hydrogen-bond donors (Lipinski definition) is 2. The highest BCUT2D eigenvalue weighted by Gasteiger charge is 2.18. The van der Waals surface area contributed by atoms with Gasteiger partial charge >= 0.3 is 0 Å². The standard InChI is InChI=1S/C19H19N3O2/c1-3-16(13-10-8-12(2)9-11-13)20-19(24)17-14-6-4-5-7-15(14)18(23)22-21-17/h4-11,16H,3H2,1-2H3,(H,20,24)(H,22,23). The second-order valence-corrected chi connectivity index (χ2v) is 5.79. The average molecular weight is 321 g/mol. The van der Waals surface area contributed by atoms with Gasteiger partial charge in [0.25, 0.3) is 11.5 Å². The molecule has 0 spiro atoms. The Kier molecular flexibility index (Phi) is 4.42. The molecule has 2 aromatic carbocycles. The van der Waals surface area contributed by atoms with Gasteiger partial charge in [-0.15, -0.1) is 0 Å². The van der Waals surface area contributed by atoms with Gasteiger partial charge < -0.3 is 5.32 Å². The lowest BCUT2D eigenvalue weighted by molar-refractivity contribution is 0.0931. The normalized spacial score (nSPS) is 12.1. The Hall–Kier alpha value is -2.95. The summed E-state index contributed by atoms with van der Waals surface area (Å²) in [7, 11) is 0. The van der Waals surface area contributed by atoms with Gasteiger partial charge in [-0.3, -0.25) is 9.59 Å². The van der Waals surface area contributed by atoms with Gasteiger partial charge in [-0.1, -0.05) is 55.0 Å². The number of carbonyl (C=O) groups is 1. The number of carbonyl (C=O) groups excluding carboxylic acids is 1. The predicted molar refractivity (Wildman–Crippen MR) is 94.0 cm³/mol. The summed E-state index contributed by atoms with van der Waals surface area (Å²) in [5, 5.41) is 10.4. The van der Waals surface area contributed by atoms with Crippen LogP contribution in [0.3, 0.4) is 0 Å². The molecule has 1 amide bonds. The van der Waals surface area contributed by atoms with Crippen LogP contribution in [0.25, 0.3) is 10.8 Å². The van der Waals surface area contributed by atoms with Crippen molar-refractivity contribution in [3.63, 3.8) is 0 Å². The number of amides is 1. The average Bonchev–Trinajstić information content (AvgIpc) is 2.61. The van der Waals surface area contributed by atoms with Gasteiger partial charge in [0.1, 0.15) is 0 Å². The van der Waals surface area contributed by atoms with Gasteiger partial charge in [-0.25, -0.2) is 5.10 Å². The summed E-state index contributed by atoms with van der Waals surface area (Å²) in [5.74, 6) is -0.296. The molecule has 1 unspecified atom stereocenters. The first-order valence-corrected chi connectivity index (χ1v) is 7.95. The molecule has 24 heavy (non-hydrogen) atoms. The molecular weight excluding hydrogens is 302 g/mol. The summed E-state index contributed by atoms with van der Waals surface area (Å²) in [6.07, 6.45) is 0.760. The highest BCUT2D eigenvalue weighted by Crippen LogP contribution is 2.19. The van der Waals surface area contributed by atoms with Crippen LogP contribution in [0.15, 0.2) is 53.3 Å². The van der Waals surface area contributed by atoms with E-state index in [1.54, 1.807) is 24.3 Å². The summed E-state index contributed by atoms with van der Waals surface area (Å²) < 4.78 is 0. The molecule has 3 aromatic rings. The van der Waals surface area contributed by atoms with E-state index in [9.17, 15) is 9.59 Å². The van der Waals surface area contributed by atoms with Gasteiger partial charge in [0.05, 0.1) is 11.4 Å². The number of H-pyrrole nitrogens is 1. The summed E-state index contributed by atoms with van der Waals surface area (Å²) in [6, 6.07) is 15.0. The molecule has 0 aliphatic heterocycles. The van der Waals surface area contributed by atoms with Gasteiger partial charge in [0.2, 0.25) is 0 Å². The molecule has 3 rings (SSSR count). The fourth-order valence-electron chi connectivity index (χ4n) is 2.73. The number of aromatic nitrogens is 2. The highest BCUT2D eigenvalue weighted by molar-refractivity contribution is 6.04. The number of benzene rings is 2. The van der Waals surface area contributed by atoms with Crippen molar-refractivity contribution in [2.24, 2.45) is 0 Å². The van der Waals surface area contributed by atoms with Crippen LogP contribution in [-0.2, 0) is 0 Å². The Balaban J connectivity index is 1.93. The maximum atomic E-state index is 12.7. The monoisotopic (exact) mass is 321 g/mol. The molecule has 0 aliphatic carbocycles. The van der Waals surface area contributed by atoms with E-state index in [4.69, 9.17) is 0 Å². The highest BCUT2D eigenvalue weighted by atomic mass is 16.2. The van der Waals surface area contributed by atoms with E-state index in [0.29, 0.717) is 10.8 Å². The second-order valence-electron chi connectivity index (χ2n) is 5.79. The number of nitrogens with zero attached hydrogens (tertiary/aromatic N) is 1.